The number of benzene rings is 1. The number of rotatable bonds is 5. The molecule has 1 heterocycles. The zero-order valence-electron chi connectivity index (χ0n) is 11.3. The number of nitrogens with two attached hydrogens (primary N) is 1. The number of aryl methyl sites for hydroxylation is 1. The second-order valence-corrected chi connectivity index (χ2v) is 4.47. The van der Waals surface area contributed by atoms with Gasteiger partial charge in [0.1, 0.15) is 12.0 Å². The van der Waals surface area contributed by atoms with E-state index in [0.29, 0.717) is 13.0 Å². The van der Waals surface area contributed by atoms with Gasteiger partial charge in [0.05, 0.1) is 4.92 Å². The molecule has 0 saturated carbocycles. The number of nitrogens with one attached hydrogen (secondary N) is 1. The van der Waals surface area contributed by atoms with Crippen LogP contribution in [0, 0.1) is 22.9 Å². The summed E-state index contributed by atoms with van der Waals surface area (Å²) < 4.78 is 13.0. The third kappa shape index (κ3) is 3.62. The van der Waals surface area contributed by atoms with E-state index in [4.69, 9.17) is 5.73 Å². The van der Waals surface area contributed by atoms with Crippen LogP contribution < -0.4 is 11.1 Å². The fraction of sp³-hybridized carbons (Fsp3) is 0.231. The zero-order chi connectivity index (χ0) is 15.4. The van der Waals surface area contributed by atoms with Crippen LogP contribution >= 0.6 is 0 Å². The van der Waals surface area contributed by atoms with E-state index in [-0.39, 0.29) is 23.3 Å². The molecule has 3 N–H and O–H groups in total. The molecular weight excluding hydrogens is 277 g/mol. The van der Waals surface area contributed by atoms with Gasteiger partial charge in [-0.1, -0.05) is 6.07 Å². The van der Waals surface area contributed by atoms with Gasteiger partial charge in [-0.05, 0) is 36.6 Å². The number of anilines is 2. The number of nitro groups is 1. The first kappa shape index (κ1) is 14.6. The maximum absolute atomic E-state index is 13.0. The number of halogens is 1. The topological polar surface area (TPSA) is 107 Å². The maximum Gasteiger partial charge on any atom is 0.329 e. The van der Waals surface area contributed by atoms with Crippen LogP contribution in [0.5, 0.6) is 0 Å². The van der Waals surface area contributed by atoms with Crippen molar-refractivity contribution in [1.29, 1.82) is 0 Å². The van der Waals surface area contributed by atoms with Gasteiger partial charge in [0.15, 0.2) is 0 Å². The number of hydrogen-bond acceptors (Lipinski definition) is 6. The lowest BCUT2D eigenvalue weighted by atomic mass is 10.1. The number of nitrogens with zero attached hydrogens (tertiary/aromatic N) is 3. The summed E-state index contributed by atoms with van der Waals surface area (Å²) >= 11 is 0. The van der Waals surface area contributed by atoms with Gasteiger partial charge in [-0.15, -0.1) is 0 Å². The Balaban J connectivity index is 2.06. The Hall–Kier alpha value is -2.77. The van der Waals surface area contributed by atoms with Crippen LogP contribution in [-0.4, -0.2) is 21.4 Å². The first-order valence-electron chi connectivity index (χ1n) is 6.23. The Morgan fingerprint density at radius 1 is 1.48 bits per heavy atom. The first-order chi connectivity index (χ1) is 9.97. The molecule has 2 aromatic rings. The van der Waals surface area contributed by atoms with Gasteiger partial charge in [-0.25, -0.2) is 9.37 Å². The van der Waals surface area contributed by atoms with Gasteiger partial charge in [0.2, 0.25) is 11.8 Å². The highest BCUT2D eigenvalue weighted by Gasteiger charge is 2.16. The zero-order valence-corrected chi connectivity index (χ0v) is 11.3. The normalized spacial score (nSPS) is 10.4. The van der Waals surface area contributed by atoms with Crippen LogP contribution in [-0.2, 0) is 6.42 Å². The minimum absolute atomic E-state index is 0.0407. The van der Waals surface area contributed by atoms with Gasteiger partial charge < -0.3 is 11.1 Å². The van der Waals surface area contributed by atoms with Crippen molar-refractivity contribution in [1.82, 2.24) is 9.97 Å². The number of aromatic nitrogens is 2. The third-order valence-electron chi connectivity index (χ3n) is 2.98. The van der Waals surface area contributed by atoms with Crippen molar-refractivity contribution in [3.8, 4) is 0 Å². The van der Waals surface area contributed by atoms with Gasteiger partial charge in [0, 0.05) is 6.54 Å². The molecule has 0 aliphatic rings. The molecule has 110 valence electrons. The fourth-order valence-corrected chi connectivity index (χ4v) is 1.91. The van der Waals surface area contributed by atoms with Crippen LogP contribution in [0.3, 0.4) is 0 Å². The van der Waals surface area contributed by atoms with E-state index in [0.717, 1.165) is 17.3 Å². The van der Waals surface area contributed by atoms with Gasteiger partial charge in [-0.3, -0.25) is 10.1 Å². The average molecular weight is 291 g/mol. The lowest BCUT2D eigenvalue weighted by Gasteiger charge is -2.08. The molecule has 8 heteroatoms. The molecule has 0 atom stereocenters. The van der Waals surface area contributed by atoms with E-state index in [2.05, 4.69) is 15.3 Å². The van der Waals surface area contributed by atoms with Crippen molar-refractivity contribution in [2.75, 3.05) is 17.6 Å². The number of hydrogen-bond donors (Lipinski definition) is 2. The lowest BCUT2D eigenvalue weighted by Crippen LogP contribution is -2.11. The molecule has 0 saturated heterocycles. The molecule has 2 rings (SSSR count). The Labute approximate surface area is 120 Å². The molecule has 0 unspecified atom stereocenters. The van der Waals surface area contributed by atoms with E-state index in [1.54, 1.807) is 6.07 Å². The summed E-state index contributed by atoms with van der Waals surface area (Å²) in [5.41, 5.74) is 6.97. The van der Waals surface area contributed by atoms with Crippen molar-refractivity contribution in [2.24, 2.45) is 0 Å². The smallest absolute Gasteiger partial charge is 0.329 e. The number of nitrogen functional groups attached to an aromatic ring is 1. The highest BCUT2D eigenvalue weighted by atomic mass is 19.1. The largest absolute Gasteiger partial charge is 0.368 e. The fourth-order valence-electron chi connectivity index (χ4n) is 1.91. The molecule has 0 fully saturated rings. The van der Waals surface area contributed by atoms with E-state index >= 15 is 0 Å². The van der Waals surface area contributed by atoms with Crippen LogP contribution in [0.15, 0.2) is 24.4 Å². The average Bonchev–Trinajstić information content (AvgIpc) is 2.41. The molecule has 21 heavy (non-hydrogen) atoms. The standard InChI is InChI=1S/C13H14FN5O2/c1-8-6-10(14)3-2-9(8)4-5-16-12-11(19(20)21)7-17-13(15)18-12/h2-3,6-7H,4-5H2,1H3,(H3,15,16,17,18). The van der Waals surface area contributed by atoms with Crippen LogP contribution in [0.1, 0.15) is 11.1 Å². The summed E-state index contributed by atoms with van der Waals surface area (Å²) in [4.78, 5) is 17.7. The van der Waals surface area contributed by atoms with Crippen molar-refractivity contribution in [3.05, 3.63) is 51.5 Å². The highest BCUT2D eigenvalue weighted by molar-refractivity contribution is 5.56. The van der Waals surface area contributed by atoms with Crippen molar-refractivity contribution < 1.29 is 9.31 Å². The molecule has 7 nitrogen and oxygen atoms in total. The van der Waals surface area contributed by atoms with Gasteiger partial charge in [-0.2, -0.15) is 4.98 Å². The van der Waals surface area contributed by atoms with Gasteiger partial charge in [0.25, 0.3) is 0 Å². The van der Waals surface area contributed by atoms with E-state index < -0.39 is 4.92 Å². The van der Waals surface area contributed by atoms with Crippen molar-refractivity contribution >= 4 is 17.5 Å². The first-order valence-corrected chi connectivity index (χ1v) is 6.23. The molecule has 0 aliphatic carbocycles. The molecule has 1 aromatic carbocycles. The molecule has 0 radical (unpaired) electrons. The molecular formula is C13H14FN5O2. The summed E-state index contributed by atoms with van der Waals surface area (Å²) in [6, 6.07) is 4.52. The highest BCUT2D eigenvalue weighted by Crippen LogP contribution is 2.21. The van der Waals surface area contributed by atoms with Crippen LogP contribution in [0.25, 0.3) is 0 Å². The minimum atomic E-state index is -0.578. The van der Waals surface area contributed by atoms with Crippen molar-refractivity contribution in [2.45, 2.75) is 13.3 Å². The lowest BCUT2D eigenvalue weighted by molar-refractivity contribution is -0.384. The second-order valence-electron chi connectivity index (χ2n) is 4.47. The monoisotopic (exact) mass is 291 g/mol. The summed E-state index contributed by atoms with van der Waals surface area (Å²) in [6.45, 7) is 2.22. The van der Waals surface area contributed by atoms with Crippen LogP contribution in [0.2, 0.25) is 0 Å². The molecule has 0 aliphatic heterocycles. The summed E-state index contributed by atoms with van der Waals surface area (Å²) in [5, 5.41) is 13.7. The summed E-state index contributed by atoms with van der Waals surface area (Å²) in [5.74, 6) is -0.253. The molecule has 1 aromatic heterocycles. The SMILES string of the molecule is Cc1cc(F)ccc1CCNc1nc(N)ncc1[N+](=O)[O-]. The quantitative estimate of drug-likeness (QED) is 0.645. The Bertz CT molecular complexity index is 678. The Morgan fingerprint density at radius 2 is 2.24 bits per heavy atom. The molecule has 0 bridgehead atoms. The van der Waals surface area contributed by atoms with E-state index in [1.165, 1.54) is 12.1 Å². The maximum atomic E-state index is 13.0. The van der Waals surface area contributed by atoms with Gasteiger partial charge >= 0.3 is 5.69 Å². The van der Waals surface area contributed by atoms with E-state index in [9.17, 15) is 14.5 Å². The molecule has 0 amide bonds. The van der Waals surface area contributed by atoms with Crippen molar-refractivity contribution in [3.63, 3.8) is 0 Å². The molecule has 0 spiro atoms. The summed E-state index contributed by atoms with van der Waals surface area (Å²) in [6.07, 6.45) is 1.64. The third-order valence-corrected chi connectivity index (χ3v) is 2.98. The second kappa shape index (κ2) is 6.12. The Kier molecular flexibility index (Phi) is 4.27. The predicted octanol–water partition coefficient (Wildman–Crippen LogP) is 2.07. The predicted molar refractivity (Wildman–Crippen MR) is 76.4 cm³/mol. The minimum Gasteiger partial charge on any atom is -0.368 e. The Morgan fingerprint density at radius 3 is 2.90 bits per heavy atom. The van der Waals surface area contributed by atoms with Crippen LogP contribution in [0.4, 0.5) is 21.8 Å². The summed E-state index contributed by atoms with van der Waals surface area (Å²) in [7, 11) is 0. The van der Waals surface area contributed by atoms with E-state index in [1.807, 2.05) is 6.92 Å².